The molecular formula is C13H14ClNOS. The van der Waals surface area contributed by atoms with E-state index in [1.807, 2.05) is 24.3 Å². The van der Waals surface area contributed by atoms with Crippen LogP contribution < -0.4 is 4.74 Å². The molecule has 0 amide bonds. The van der Waals surface area contributed by atoms with Crippen molar-refractivity contribution in [3.8, 4) is 17.0 Å². The highest BCUT2D eigenvalue weighted by Crippen LogP contribution is 2.36. The summed E-state index contributed by atoms with van der Waals surface area (Å²) in [6.07, 6.45) is 0. The van der Waals surface area contributed by atoms with Gasteiger partial charge in [0.25, 0.3) is 0 Å². The molecule has 1 aromatic heterocycles. The lowest BCUT2D eigenvalue weighted by Gasteiger charge is -2.06. The maximum atomic E-state index is 6.01. The number of hydrogen-bond acceptors (Lipinski definition) is 3. The second-order valence-corrected chi connectivity index (χ2v) is 5.68. The zero-order chi connectivity index (χ0) is 12.4. The van der Waals surface area contributed by atoms with Crippen LogP contribution in [0.3, 0.4) is 0 Å². The number of ether oxygens (including phenoxy) is 1. The minimum absolute atomic E-state index is 0.418. The molecule has 0 aliphatic carbocycles. The summed E-state index contributed by atoms with van der Waals surface area (Å²) in [6.45, 7) is 4.29. The molecule has 2 rings (SSSR count). The zero-order valence-electron chi connectivity index (χ0n) is 10.0. The van der Waals surface area contributed by atoms with Crippen LogP contribution in [0.25, 0.3) is 11.3 Å². The van der Waals surface area contributed by atoms with E-state index in [1.54, 1.807) is 18.4 Å². The smallest absolute Gasteiger partial charge is 0.184 e. The fourth-order valence-electron chi connectivity index (χ4n) is 1.67. The maximum absolute atomic E-state index is 6.01. The van der Waals surface area contributed by atoms with Crippen molar-refractivity contribution in [3.63, 3.8) is 0 Å². The van der Waals surface area contributed by atoms with Crippen LogP contribution in [0.2, 0.25) is 4.47 Å². The lowest BCUT2D eigenvalue weighted by atomic mass is 10.1. The van der Waals surface area contributed by atoms with E-state index < -0.39 is 0 Å². The van der Waals surface area contributed by atoms with Crippen LogP contribution >= 0.6 is 22.9 Å². The molecule has 0 saturated carbocycles. The predicted octanol–water partition coefficient (Wildman–Crippen LogP) is 4.60. The summed E-state index contributed by atoms with van der Waals surface area (Å²) in [7, 11) is 1.66. The molecule has 0 unspecified atom stereocenters. The summed E-state index contributed by atoms with van der Waals surface area (Å²) in [5, 5.41) is 0. The number of hydrogen-bond donors (Lipinski definition) is 0. The SMILES string of the molecule is COc1cccc(-c2nc(Cl)sc2C(C)C)c1. The molecule has 0 spiro atoms. The van der Waals surface area contributed by atoms with Gasteiger partial charge in [-0.2, -0.15) is 0 Å². The van der Waals surface area contributed by atoms with Gasteiger partial charge in [0.2, 0.25) is 0 Å². The van der Waals surface area contributed by atoms with Crippen molar-refractivity contribution >= 4 is 22.9 Å². The van der Waals surface area contributed by atoms with Crippen molar-refractivity contribution in [2.45, 2.75) is 19.8 Å². The molecule has 17 heavy (non-hydrogen) atoms. The van der Waals surface area contributed by atoms with E-state index >= 15 is 0 Å². The fourth-order valence-corrected chi connectivity index (χ4v) is 2.82. The molecule has 0 bridgehead atoms. The van der Waals surface area contributed by atoms with Crippen molar-refractivity contribution < 1.29 is 4.74 Å². The van der Waals surface area contributed by atoms with Gasteiger partial charge in [0, 0.05) is 10.4 Å². The van der Waals surface area contributed by atoms with Gasteiger partial charge < -0.3 is 4.74 Å². The van der Waals surface area contributed by atoms with E-state index in [2.05, 4.69) is 18.8 Å². The maximum Gasteiger partial charge on any atom is 0.184 e. The van der Waals surface area contributed by atoms with E-state index in [0.29, 0.717) is 10.4 Å². The van der Waals surface area contributed by atoms with Crippen LogP contribution in [0.1, 0.15) is 24.6 Å². The summed E-state index contributed by atoms with van der Waals surface area (Å²) >= 11 is 7.55. The second-order valence-electron chi connectivity index (χ2n) is 4.07. The average Bonchev–Trinajstić information content (AvgIpc) is 2.72. The molecule has 0 fully saturated rings. The molecule has 0 N–H and O–H groups in total. The first-order chi connectivity index (χ1) is 8.11. The highest BCUT2D eigenvalue weighted by Gasteiger charge is 2.15. The summed E-state index contributed by atoms with van der Waals surface area (Å²) in [4.78, 5) is 5.62. The van der Waals surface area contributed by atoms with Crippen LogP contribution in [0, 0.1) is 0 Å². The Kier molecular flexibility index (Phi) is 3.69. The van der Waals surface area contributed by atoms with E-state index in [9.17, 15) is 0 Å². The minimum Gasteiger partial charge on any atom is -0.497 e. The molecule has 1 aromatic carbocycles. The van der Waals surface area contributed by atoms with Crippen molar-refractivity contribution in [1.29, 1.82) is 0 Å². The van der Waals surface area contributed by atoms with Crippen molar-refractivity contribution in [1.82, 2.24) is 4.98 Å². The average molecular weight is 268 g/mol. The summed E-state index contributed by atoms with van der Waals surface area (Å²) in [5.41, 5.74) is 2.02. The molecule has 4 heteroatoms. The number of thiazole rings is 1. The lowest BCUT2D eigenvalue weighted by Crippen LogP contribution is -1.89. The third-order valence-electron chi connectivity index (χ3n) is 2.49. The third-order valence-corrected chi connectivity index (χ3v) is 3.96. The molecule has 0 saturated heterocycles. The molecule has 2 nitrogen and oxygen atoms in total. The number of aromatic nitrogens is 1. The van der Waals surface area contributed by atoms with Gasteiger partial charge in [-0.3, -0.25) is 0 Å². The number of benzene rings is 1. The van der Waals surface area contributed by atoms with E-state index in [0.717, 1.165) is 17.0 Å². The highest BCUT2D eigenvalue weighted by molar-refractivity contribution is 7.16. The Bertz CT molecular complexity index is 522. The number of nitrogens with zero attached hydrogens (tertiary/aromatic N) is 1. The van der Waals surface area contributed by atoms with Gasteiger partial charge >= 0.3 is 0 Å². The van der Waals surface area contributed by atoms with Crippen molar-refractivity contribution in [2.75, 3.05) is 7.11 Å². The topological polar surface area (TPSA) is 22.1 Å². The minimum atomic E-state index is 0.418. The molecule has 0 radical (unpaired) electrons. The van der Waals surface area contributed by atoms with E-state index in [4.69, 9.17) is 16.3 Å². The van der Waals surface area contributed by atoms with Gasteiger partial charge in [-0.1, -0.05) is 37.6 Å². The van der Waals surface area contributed by atoms with E-state index in [1.165, 1.54) is 4.88 Å². The van der Waals surface area contributed by atoms with Gasteiger partial charge in [0.1, 0.15) is 5.75 Å². The van der Waals surface area contributed by atoms with Crippen LogP contribution in [-0.2, 0) is 0 Å². The Labute approximate surface area is 110 Å². The monoisotopic (exact) mass is 267 g/mol. The molecule has 0 aliphatic rings. The molecule has 2 aromatic rings. The van der Waals surface area contributed by atoms with Gasteiger partial charge in [0.15, 0.2) is 4.47 Å². The van der Waals surface area contributed by atoms with Gasteiger partial charge in [-0.25, -0.2) is 4.98 Å². The van der Waals surface area contributed by atoms with Crippen LogP contribution in [0.5, 0.6) is 5.75 Å². The van der Waals surface area contributed by atoms with Gasteiger partial charge in [0.05, 0.1) is 12.8 Å². The summed E-state index contributed by atoms with van der Waals surface area (Å²) in [6, 6.07) is 7.90. The summed E-state index contributed by atoms with van der Waals surface area (Å²) < 4.78 is 5.82. The fraction of sp³-hybridized carbons (Fsp3) is 0.308. The number of rotatable bonds is 3. The predicted molar refractivity (Wildman–Crippen MR) is 73.2 cm³/mol. The van der Waals surface area contributed by atoms with E-state index in [-0.39, 0.29) is 0 Å². The Morgan fingerprint density at radius 1 is 1.35 bits per heavy atom. The quantitative estimate of drug-likeness (QED) is 0.811. The molecular weight excluding hydrogens is 254 g/mol. The number of halogens is 1. The standard InChI is InChI=1S/C13H14ClNOS/c1-8(2)12-11(15-13(14)17-12)9-5-4-6-10(7-9)16-3/h4-8H,1-3H3. The first-order valence-electron chi connectivity index (χ1n) is 5.42. The first-order valence-corrected chi connectivity index (χ1v) is 6.62. The third kappa shape index (κ3) is 2.61. The lowest BCUT2D eigenvalue weighted by molar-refractivity contribution is 0.415. The zero-order valence-corrected chi connectivity index (χ0v) is 11.6. The highest BCUT2D eigenvalue weighted by atomic mass is 35.5. The molecule has 0 atom stereocenters. The largest absolute Gasteiger partial charge is 0.497 e. The van der Waals surface area contributed by atoms with Gasteiger partial charge in [-0.05, 0) is 18.1 Å². The second kappa shape index (κ2) is 5.07. The van der Waals surface area contributed by atoms with Gasteiger partial charge in [-0.15, -0.1) is 11.3 Å². The Balaban J connectivity index is 2.51. The number of methoxy groups -OCH3 is 1. The van der Waals surface area contributed by atoms with Crippen LogP contribution in [-0.4, -0.2) is 12.1 Å². The van der Waals surface area contributed by atoms with Crippen LogP contribution in [0.4, 0.5) is 0 Å². The van der Waals surface area contributed by atoms with Crippen molar-refractivity contribution in [3.05, 3.63) is 33.6 Å². The molecule has 0 aliphatic heterocycles. The first kappa shape index (κ1) is 12.4. The Hall–Kier alpha value is -1.06. The van der Waals surface area contributed by atoms with Crippen molar-refractivity contribution in [2.24, 2.45) is 0 Å². The molecule has 1 heterocycles. The summed E-state index contributed by atoms with van der Waals surface area (Å²) in [5.74, 6) is 1.25. The Morgan fingerprint density at radius 3 is 2.76 bits per heavy atom. The normalized spacial score (nSPS) is 10.9. The van der Waals surface area contributed by atoms with Crippen LogP contribution in [0.15, 0.2) is 24.3 Å². The molecule has 90 valence electrons. The Morgan fingerprint density at radius 2 is 2.12 bits per heavy atom.